The molecule has 1 heterocycles. The number of hydrogen-bond acceptors (Lipinski definition) is 5. The van der Waals surface area contributed by atoms with Crippen LogP contribution >= 0.6 is 12.4 Å². The van der Waals surface area contributed by atoms with E-state index < -0.39 is 6.10 Å². The molecule has 1 atom stereocenters. The van der Waals surface area contributed by atoms with Gasteiger partial charge in [0.15, 0.2) is 0 Å². The number of nitrogens with zero attached hydrogens (tertiary/aromatic N) is 2. The lowest BCUT2D eigenvalue weighted by Gasteiger charge is -2.12. The Bertz CT molecular complexity index is 757. The van der Waals surface area contributed by atoms with E-state index in [2.05, 4.69) is 15.3 Å². The monoisotopic (exact) mass is 357 g/mol. The molecule has 0 spiro atoms. The van der Waals surface area contributed by atoms with Crippen LogP contribution in [0.25, 0.3) is 0 Å². The Kier molecular flexibility index (Phi) is 7.35. The van der Waals surface area contributed by atoms with E-state index in [-0.39, 0.29) is 12.4 Å². The van der Waals surface area contributed by atoms with Gasteiger partial charge in [-0.1, -0.05) is 42.5 Å². The predicted molar refractivity (Wildman–Crippen MR) is 98.9 cm³/mol. The zero-order valence-corrected chi connectivity index (χ0v) is 14.4. The van der Waals surface area contributed by atoms with Crippen molar-refractivity contribution < 1.29 is 9.84 Å². The lowest BCUT2D eigenvalue weighted by atomic mass is 10.1. The molecule has 0 fully saturated rings. The molecule has 0 aliphatic carbocycles. The third-order valence-electron chi connectivity index (χ3n) is 3.50. The first-order valence-corrected chi connectivity index (χ1v) is 7.79. The molecule has 0 aliphatic heterocycles. The Morgan fingerprint density at radius 3 is 2.48 bits per heavy atom. The highest BCUT2D eigenvalue weighted by Gasteiger charge is 2.06. The minimum Gasteiger partial charge on any atom is -0.424 e. The Balaban J connectivity index is 0.00000225. The molecular weight excluding hydrogens is 338 g/mol. The molecule has 0 saturated heterocycles. The number of rotatable bonds is 7. The van der Waals surface area contributed by atoms with Gasteiger partial charge in [0.1, 0.15) is 5.75 Å². The molecule has 1 unspecified atom stereocenters. The van der Waals surface area contributed by atoms with Crippen molar-refractivity contribution in [3.63, 3.8) is 0 Å². The molecule has 1 aromatic heterocycles. The summed E-state index contributed by atoms with van der Waals surface area (Å²) in [5, 5.41) is 13.4. The number of nitrogens with one attached hydrogen (secondary N) is 1. The summed E-state index contributed by atoms with van der Waals surface area (Å²) in [4.78, 5) is 8.08. The summed E-state index contributed by atoms with van der Waals surface area (Å²) < 4.78 is 5.62. The summed E-state index contributed by atoms with van der Waals surface area (Å²) >= 11 is 0. The fraction of sp³-hybridized carbons (Fsp3) is 0.158. The van der Waals surface area contributed by atoms with Gasteiger partial charge in [0.2, 0.25) is 0 Å². The quantitative estimate of drug-likeness (QED) is 0.677. The van der Waals surface area contributed by atoms with E-state index in [4.69, 9.17) is 4.74 Å². The van der Waals surface area contributed by atoms with Gasteiger partial charge < -0.3 is 15.2 Å². The Morgan fingerprint density at radius 1 is 0.960 bits per heavy atom. The molecule has 5 nitrogen and oxygen atoms in total. The van der Waals surface area contributed by atoms with Crippen molar-refractivity contribution in [2.24, 2.45) is 0 Å². The van der Waals surface area contributed by atoms with Crippen molar-refractivity contribution in [3.8, 4) is 11.8 Å². The van der Waals surface area contributed by atoms with Gasteiger partial charge in [-0.2, -0.15) is 0 Å². The van der Waals surface area contributed by atoms with Crippen molar-refractivity contribution in [1.29, 1.82) is 0 Å². The zero-order valence-electron chi connectivity index (χ0n) is 13.6. The van der Waals surface area contributed by atoms with Crippen LogP contribution in [-0.4, -0.2) is 21.6 Å². The van der Waals surface area contributed by atoms with Crippen LogP contribution in [0.5, 0.6) is 11.8 Å². The fourth-order valence-corrected chi connectivity index (χ4v) is 2.31. The molecule has 2 N–H and O–H groups in total. The summed E-state index contributed by atoms with van der Waals surface area (Å²) in [6.45, 7) is 1.12. The van der Waals surface area contributed by atoms with Crippen LogP contribution in [0.4, 0.5) is 0 Å². The highest BCUT2D eigenvalue weighted by atomic mass is 35.5. The molecule has 25 heavy (non-hydrogen) atoms. The summed E-state index contributed by atoms with van der Waals surface area (Å²) in [7, 11) is 0. The summed E-state index contributed by atoms with van der Waals surface area (Å²) in [5.74, 6) is 0.684. The molecular formula is C19H20ClN3O2. The minimum absolute atomic E-state index is 0. The maximum atomic E-state index is 10.1. The van der Waals surface area contributed by atoms with Crippen molar-refractivity contribution in [1.82, 2.24) is 15.3 Å². The normalized spacial score (nSPS) is 11.4. The van der Waals surface area contributed by atoms with Crippen LogP contribution in [0.15, 0.2) is 73.1 Å². The van der Waals surface area contributed by atoms with E-state index in [1.807, 2.05) is 54.6 Å². The average molecular weight is 358 g/mol. The van der Waals surface area contributed by atoms with Crippen LogP contribution < -0.4 is 10.1 Å². The lowest BCUT2D eigenvalue weighted by Crippen LogP contribution is -2.21. The van der Waals surface area contributed by atoms with E-state index in [0.717, 1.165) is 11.1 Å². The van der Waals surface area contributed by atoms with Crippen molar-refractivity contribution >= 4 is 12.4 Å². The number of ether oxygens (including phenoxy) is 1. The molecule has 2 aromatic carbocycles. The van der Waals surface area contributed by atoms with Gasteiger partial charge in [-0.25, -0.2) is 9.97 Å². The molecule has 0 amide bonds. The van der Waals surface area contributed by atoms with Gasteiger partial charge in [0, 0.05) is 25.5 Å². The van der Waals surface area contributed by atoms with E-state index in [1.54, 1.807) is 18.5 Å². The summed E-state index contributed by atoms with van der Waals surface area (Å²) in [6, 6.07) is 19.4. The van der Waals surface area contributed by atoms with Gasteiger partial charge in [-0.05, 0) is 29.3 Å². The second-order valence-electron chi connectivity index (χ2n) is 5.34. The van der Waals surface area contributed by atoms with Crippen molar-refractivity contribution in [2.75, 3.05) is 6.54 Å². The van der Waals surface area contributed by atoms with Crippen molar-refractivity contribution in [3.05, 3.63) is 84.2 Å². The van der Waals surface area contributed by atoms with Gasteiger partial charge in [0.25, 0.3) is 0 Å². The Morgan fingerprint density at radius 2 is 1.72 bits per heavy atom. The van der Waals surface area contributed by atoms with E-state index >= 15 is 0 Å². The minimum atomic E-state index is -0.525. The second kappa shape index (κ2) is 9.74. The van der Waals surface area contributed by atoms with Crippen LogP contribution in [0.3, 0.4) is 0 Å². The fourth-order valence-electron chi connectivity index (χ4n) is 2.31. The van der Waals surface area contributed by atoms with Gasteiger partial charge in [0.05, 0.1) is 6.10 Å². The maximum absolute atomic E-state index is 10.1. The third-order valence-corrected chi connectivity index (χ3v) is 3.50. The predicted octanol–water partition coefficient (Wildman–Crippen LogP) is 3.51. The first kappa shape index (κ1) is 18.9. The van der Waals surface area contributed by atoms with Gasteiger partial charge >= 0.3 is 6.01 Å². The summed E-state index contributed by atoms with van der Waals surface area (Å²) in [5.41, 5.74) is 1.96. The standard InChI is InChI=1S/C19H19N3O2.ClH/c23-18(16-7-2-1-3-8-16)14-20-13-15-6-4-9-17(12-15)24-19-21-10-5-11-22-19;/h1-12,18,20,23H,13-14H2;1H. The lowest BCUT2D eigenvalue weighted by molar-refractivity contribution is 0.174. The maximum Gasteiger partial charge on any atom is 0.321 e. The average Bonchev–Trinajstić information content (AvgIpc) is 2.63. The topological polar surface area (TPSA) is 67.3 Å². The molecule has 130 valence electrons. The second-order valence-corrected chi connectivity index (χ2v) is 5.34. The van der Waals surface area contributed by atoms with Crippen LogP contribution in [0.2, 0.25) is 0 Å². The van der Waals surface area contributed by atoms with E-state index in [1.165, 1.54) is 0 Å². The number of benzene rings is 2. The van der Waals surface area contributed by atoms with E-state index in [9.17, 15) is 5.11 Å². The molecule has 0 aliphatic rings. The first-order chi connectivity index (χ1) is 11.8. The van der Waals surface area contributed by atoms with Crippen LogP contribution in [0.1, 0.15) is 17.2 Å². The number of hydrogen-bond donors (Lipinski definition) is 2. The highest BCUT2D eigenvalue weighted by molar-refractivity contribution is 5.85. The SMILES string of the molecule is Cl.OC(CNCc1cccc(Oc2ncccn2)c1)c1ccccc1. The molecule has 0 saturated carbocycles. The van der Waals surface area contributed by atoms with Gasteiger partial charge in [-0.3, -0.25) is 0 Å². The largest absolute Gasteiger partial charge is 0.424 e. The van der Waals surface area contributed by atoms with Crippen LogP contribution in [0, 0.1) is 0 Å². The first-order valence-electron chi connectivity index (χ1n) is 7.79. The van der Waals surface area contributed by atoms with Crippen LogP contribution in [-0.2, 0) is 6.54 Å². The highest BCUT2D eigenvalue weighted by Crippen LogP contribution is 2.18. The Hall–Kier alpha value is -2.47. The summed E-state index contributed by atoms with van der Waals surface area (Å²) in [6.07, 6.45) is 2.75. The van der Waals surface area contributed by atoms with Crippen molar-refractivity contribution in [2.45, 2.75) is 12.6 Å². The smallest absolute Gasteiger partial charge is 0.321 e. The number of aromatic nitrogens is 2. The van der Waals surface area contributed by atoms with Gasteiger partial charge in [-0.15, -0.1) is 12.4 Å². The number of halogens is 1. The third kappa shape index (κ3) is 5.83. The number of aliphatic hydroxyl groups excluding tert-OH is 1. The molecule has 6 heteroatoms. The molecule has 3 rings (SSSR count). The Labute approximate surface area is 153 Å². The molecule has 0 bridgehead atoms. The zero-order chi connectivity index (χ0) is 16.6. The number of aliphatic hydroxyl groups is 1. The molecule has 3 aromatic rings. The van der Waals surface area contributed by atoms with E-state index in [0.29, 0.717) is 24.8 Å². The molecule has 0 radical (unpaired) electrons.